The minimum atomic E-state index is 0.480. The molecule has 4 heteroatoms. The van der Waals surface area contributed by atoms with E-state index in [1.807, 2.05) is 12.1 Å². The zero-order chi connectivity index (χ0) is 10.7. The van der Waals surface area contributed by atoms with Crippen LogP contribution in [0.2, 0.25) is 0 Å². The van der Waals surface area contributed by atoms with Gasteiger partial charge in [0.15, 0.2) is 0 Å². The van der Waals surface area contributed by atoms with Crippen molar-refractivity contribution in [3.63, 3.8) is 0 Å². The normalized spacial score (nSPS) is 17.5. The zero-order valence-corrected chi connectivity index (χ0v) is 8.85. The SMILES string of the molecule is CN1CCN(c2ccc(C#N)nc2)CC1. The van der Waals surface area contributed by atoms with Crippen molar-refractivity contribution in [3.05, 3.63) is 24.0 Å². The zero-order valence-electron chi connectivity index (χ0n) is 8.85. The lowest BCUT2D eigenvalue weighted by atomic mass is 10.2. The number of anilines is 1. The standard InChI is InChI=1S/C11H14N4/c1-14-4-6-15(7-5-14)11-3-2-10(8-12)13-9-11/h2-3,9H,4-7H2,1H3. The Hall–Kier alpha value is -1.60. The van der Waals surface area contributed by atoms with Crippen molar-refractivity contribution in [2.45, 2.75) is 0 Å². The highest BCUT2D eigenvalue weighted by atomic mass is 15.2. The van der Waals surface area contributed by atoms with Crippen LogP contribution in [0.3, 0.4) is 0 Å². The smallest absolute Gasteiger partial charge is 0.140 e. The summed E-state index contributed by atoms with van der Waals surface area (Å²) < 4.78 is 0. The lowest BCUT2D eigenvalue weighted by molar-refractivity contribution is 0.313. The number of piperazine rings is 1. The molecule has 15 heavy (non-hydrogen) atoms. The Kier molecular flexibility index (Phi) is 2.84. The number of hydrogen-bond donors (Lipinski definition) is 0. The molecule has 0 unspecified atom stereocenters. The van der Waals surface area contributed by atoms with Crippen molar-refractivity contribution in [2.24, 2.45) is 0 Å². The Morgan fingerprint density at radius 3 is 2.53 bits per heavy atom. The van der Waals surface area contributed by atoms with E-state index >= 15 is 0 Å². The van der Waals surface area contributed by atoms with Gasteiger partial charge in [-0.3, -0.25) is 0 Å². The van der Waals surface area contributed by atoms with E-state index in [2.05, 4.69) is 21.8 Å². The third kappa shape index (κ3) is 2.25. The fourth-order valence-corrected chi connectivity index (χ4v) is 1.70. The first-order valence-electron chi connectivity index (χ1n) is 5.09. The highest BCUT2D eigenvalue weighted by molar-refractivity contribution is 5.46. The molecular weight excluding hydrogens is 188 g/mol. The van der Waals surface area contributed by atoms with Crippen LogP contribution in [0.1, 0.15) is 5.69 Å². The molecule has 0 bridgehead atoms. The predicted molar refractivity (Wildman–Crippen MR) is 58.7 cm³/mol. The summed E-state index contributed by atoms with van der Waals surface area (Å²) in [5, 5.41) is 8.64. The Bertz CT molecular complexity index is 357. The second-order valence-electron chi connectivity index (χ2n) is 3.80. The van der Waals surface area contributed by atoms with Crippen LogP contribution in [0.15, 0.2) is 18.3 Å². The molecule has 0 spiro atoms. The second kappa shape index (κ2) is 4.28. The van der Waals surface area contributed by atoms with Crippen LogP contribution in [-0.2, 0) is 0 Å². The van der Waals surface area contributed by atoms with E-state index in [1.165, 1.54) is 0 Å². The average Bonchev–Trinajstić information content (AvgIpc) is 2.30. The molecule has 0 radical (unpaired) electrons. The molecule has 0 N–H and O–H groups in total. The first kappa shape index (κ1) is 9.94. The van der Waals surface area contributed by atoms with Crippen molar-refractivity contribution < 1.29 is 0 Å². The number of rotatable bonds is 1. The Morgan fingerprint density at radius 2 is 2.00 bits per heavy atom. The van der Waals surface area contributed by atoms with E-state index in [-0.39, 0.29) is 0 Å². The number of nitriles is 1. The molecule has 1 aliphatic rings. The number of hydrogen-bond acceptors (Lipinski definition) is 4. The first-order valence-corrected chi connectivity index (χ1v) is 5.09. The quantitative estimate of drug-likeness (QED) is 0.672. The summed E-state index contributed by atoms with van der Waals surface area (Å²) in [5.74, 6) is 0. The molecule has 4 nitrogen and oxygen atoms in total. The molecule has 1 fully saturated rings. The first-order chi connectivity index (χ1) is 7.29. The van der Waals surface area contributed by atoms with E-state index < -0.39 is 0 Å². The predicted octanol–water partition coefficient (Wildman–Crippen LogP) is 0.705. The maximum absolute atomic E-state index is 8.64. The van der Waals surface area contributed by atoms with Gasteiger partial charge in [0, 0.05) is 26.2 Å². The monoisotopic (exact) mass is 202 g/mol. The molecule has 0 aromatic carbocycles. The molecule has 1 aromatic heterocycles. The number of aromatic nitrogens is 1. The number of pyridine rings is 1. The van der Waals surface area contributed by atoms with Gasteiger partial charge in [-0.2, -0.15) is 5.26 Å². The summed E-state index contributed by atoms with van der Waals surface area (Å²) in [5.41, 5.74) is 1.59. The summed E-state index contributed by atoms with van der Waals surface area (Å²) in [6, 6.07) is 5.77. The van der Waals surface area contributed by atoms with Crippen molar-refractivity contribution >= 4 is 5.69 Å². The Balaban J connectivity index is 2.07. The lowest BCUT2D eigenvalue weighted by Gasteiger charge is -2.33. The molecule has 2 heterocycles. The van der Waals surface area contributed by atoms with Gasteiger partial charge in [0.2, 0.25) is 0 Å². The molecule has 0 aliphatic carbocycles. The fraction of sp³-hybridized carbons (Fsp3) is 0.455. The molecule has 0 atom stereocenters. The third-order valence-corrected chi connectivity index (χ3v) is 2.73. The van der Waals surface area contributed by atoms with Gasteiger partial charge >= 0.3 is 0 Å². The van der Waals surface area contributed by atoms with Crippen molar-refractivity contribution in [3.8, 4) is 6.07 Å². The minimum Gasteiger partial charge on any atom is -0.368 e. The molecule has 2 rings (SSSR count). The van der Waals surface area contributed by atoms with Gasteiger partial charge in [0.05, 0.1) is 11.9 Å². The largest absolute Gasteiger partial charge is 0.368 e. The summed E-state index contributed by atoms with van der Waals surface area (Å²) in [6.45, 7) is 4.23. The van der Waals surface area contributed by atoms with Gasteiger partial charge in [-0.15, -0.1) is 0 Å². The van der Waals surface area contributed by atoms with Crippen LogP contribution in [0.25, 0.3) is 0 Å². The molecule has 1 saturated heterocycles. The van der Waals surface area contributed by atoms with Crippen molar-refractivity contribution in [1.82, 2.24) is 9.88 Å². The van der Waals surface area contributed by atoms with Crippen molar-refractivity contribution in [1.29, 1.82) is 5.26 Å². The second-order valence-corrected chi connectivity index (χ2v) is 3.80. The molecule has 0 amide bonds. The molecule has 78 valence electrons. The average molecular weight is 202 g/mol. The lowest BCUT2D eigenvalue weighted by Crippen LogP contribution is -2.44. The minimum absolute atomic E-state index is 0.480. The Morgan fingerprint density at radius 1 is 1.27 bits per heavy atom. The molecule has 1 aromatic rings. The summed E-state index contributed by atoms with van der Waals surface area (Å²) >= 11 is 0. The van der Waals surface area contributed by atoms with E-state index in [1.54, 1.807) is 12.3 Å². The van der Waals surface area contributed by atoms with Crippen LogP contribution in [0.4, 0.5) is 5.69 Å². The molecular formula is C11H14N4. The van der Waals surface area contributed by atoms with E-state index in [0.29, 0.717) is 5.69 Å². The van der Waals surface area contributed by atoms with Gasteiger partial charge < -0.3 is 9.80 Å². The van der Waals surface area contributed by atoms with E-state index in [0.717, 1.165) is 31.9 Å². The van der Waals surface area contributed by atoms with Crippen LogP contribution in [-0.4, -0.2) is 43.1 Å². The highest BCUT2D eigenvalue weighted by Crippen LogP contribution is 2.14. The maximum Gasteiger partial charge on any atom is 0.140 e. The van der Waals surface area contributed by atoms with Gasteiger partial charge in [-0.05, 0) is 19.2 Å². The third-order valence-electron chi connectivity index (χ3n) is 2.73. The topological polar surface area (TPSA) is 43.2 Å². The van der Waals surface area contributed by atoms with Crippen LogP contribution in [0.5, 0.6) is 0 Å². The van der Waals surface area contributed by atoms with E-state index in [9.17, 15) is 0 Å². The number of nitrogens with zero attached hydrogens (tertiary/aromatic N) is 4. The van der Waals surface area contributed by atoms with Gasteiger partial charge in [-0.1, -0.05) is 0 Å². The summed E-state index contributed by atoms with van der Waals surface area (Å²) in [4.78, 5) is 8.69. The van der Waals surface area contributed by atoms with E-state index in [4.69, 9.17) is 5.26 Å². The van der Waals surface area contributed by atoms with Crippen LogP contribution >= 0.6 is 0 Å². The van der Waals surface area contributed by atoms with Gasteiger partial charge in [0.1, 0.15) is 11.8 Å². The highest BCUT2D eigenvalue weighted by Gasteiger charge is 2.14. The summed E-state index contributed by atoms with van der Waals surface area (Å²) in [7, 11) is 2.13. The van der Waals surface area contributed by atoms with Gasteiger partial charge in [-0.25, -0.2) is 4.98 Å². The molecule has 1 aliphatic heterocycles. The fourth-order valence-electron chi connectivity index (χ4n) is 1.70. The summed E-state index contributed by atoms with van der Waals surface area (Å²) in [6.07, 6.45) is 1.78. The van der Waals surface area contributed by atoms with Gasteiger partial charge in [0.25, 0.3) is 0 Å². The number of likely N-dealkylation sites (N-methyl/N-ethyl adjacent to an activating group) is 1. The molecule has 0 saturated carbocycles. The van der Waals surface area contributed by atoms with Crippen LogP contribution < -0.4 is 4.90 Å². The van der Waals surface area contributed by atoms with Crippen LogP contribution in [0, 0.1) is 11.3 Å². The maximum atomic E-state index is 8.64. The van der Waals surface area contributed by atoms with Crippen molar-refractivity contribution in [2.75, 3.05) is 38.1 Å². The Labute approximate surface area is 89.7 Å².